The number of carbonyl (C=O) groups excluding carboxylic acids is 1. The van der Waals surface area contributed by atoms with Crippen molar-refractivity contribution in [1.82, 2.24) is 10.2 Å². The Morgan fingerprint density at radius 3 is 2.79 bits per heavy atom. The smallest absolute Gasteiger partial charge is 0.146 e. The van der Waals surface area contributed by atoms with Gasteiger partial charge in [0.1, 0.15) is 5.78 Å². The lowest BCUT2D eigenvalue weighted by Crippen LogP contribution is -2.45. The number of terminal acetylenes is 1. The highest BCUT2D eigenvalue weighted by Crippen LogP contribution is 1.99. The number of nitrogens with one attached hydrogen (secondary N) is 1. The third-order valence-corrected chi connectivity index (χ3v) is 2.39. The van der Waals surface area contributed by atoms with Crippen molar-refractivity contribution in [3.8, 4) is 12.3 Å². The van der Waals surface area contributed by atoms with Gasteiger partial charge in [0, 0.05) is 39.0 Å². The number of Topliss-reactive ketones (excluding diaryl/α,β-unsaturated/α-hetero) is 1. The minimum Gasteiger partial charge on any atom is -0.314 e. The van der Waals surface area contributed by atoms with Crippen LogP contribution in [0.4, 0.5) is 0 Å². The van der Waals surface area contributed by atoms with Gasteiger partial charge in [0.05, 0.1) is 6.54 Å². The molecule has 0 aromatic heterocycles. The zero-order valence-electron chi connectivity index (χ0n) is 8.59. The number of carbonyl (C=O) groups is 1. The third-order valence-electron chi connectivity index (χ3n) is 2.39. The largest absolute Gasteiger partial charge is 0.314 e. The van der Waals surface area contributed by atoms with Crippen molar-refractivity contribution in [3.05, 3.63) is 0 Å². The molecule has 1 fully saturated rings. The molecule has 1 aliphatic rings. The molecule has 1 heterocycles. The van der Waals surface area contributed by atoms with E-state index in [0.29, 0.717) is 25.2 Å². The van der Waals surface area contributed by atoms with Crippen LogP contribution in [0.5, 0.6) is 0 Å². The quantitative estimate of drug-likeness (QED) is 0.503. The Morgan fingerprint density at radius 2 is 2.14 bits per heavy atom. The van der Waals surface area contributed by atoms with E-state index in [4.69, 9.17) is 6.42 Å². The molecule has 0 unspecified atom stereocenters. The summed E-state index contributed by atoms with van der Waals surface area (Å²) in [5.74, 6) is 2.87. The Labute approximate surface area is 85.9 Å². The predicted octanol–water partition coefficient (Wildman–Crippen LogP) is 0.264. The molecule has 0 aliphatic carbocycles. The molecule has 0 bridgehead atoms. The first-order chi connectivity index (χ1) is 6.83. The van der Waals surface area contributed by atoms with Crippen molar-refractivity contribution in [3.63, 3.8) is 0 Å². The topological polar surface area (TPSA) is 32.3 Å². The Bertz CT molecular complexity index is 214. The maximum absolute atomic E-state index is 11.5. The maximum Gasteiger partial charge on any atom is 0.146 e. The van der Waals surface area contributed by atoms with Gasteiger partial charge in [0.15, 0.2) is 0 Å². The average molecular weight is 194 g/mol. The predicted molar refractivity (Wildman–Crippen MR) is 57.0 cm³/mol. The minimum atomic E-state index is 0.321. The fraction of sp³-hybridized carbons (Fsp3) is 0.727. The third kappa shape index (κ3) is 4.40. The van der Waals surface area contributed by atoms with Crippen molar-refractivity contribution in [1.29, 1.82) is 0 Å². The highest BCUT2D eigenvalue weighted by molar-refractivity contribution is 5.80. The van der Waals surface area contributed by atoms with Gasteiger partial charge in [-0.1, -0.05) is 0 Å². The van der Waals surface area contributed by atoms with Gasteiger partial charge < -0.3 is 5.32 Å². The van der Waals surface area contributed by atoms with Gasteiger partial charge in [-0.25, -0.2) is 0 Å². The second-order valence-corrected chi connectivity index (χ2v) is 3.62. The molecule has 14 heavy (non-hydrogen) atoms. The Morgan fingerprint density at radius 1 is 1.43 bits per heavy atom. The van der Waals surface area contributed by atoms with Crippen LogP contribution in [-0.2, 0) is 4.79 Å². The number of piperazine rings is 1. The fourth-order valence-corrected chi connectivity index (χ4v) is 1.59. The molecule has 1 rings (SSSR count). The van der Waals surface area contributed by atoms with Gasteiger partial charge in [0.25, 0.3) is 0 Å². The Balaban J connectivity index is 2.10. The zero-order chi connectivity index (χ0) is 10.2. The standard InChI is InChI=1S/C11H18N2O/c1-2-3-4-5-11(14)10-13-8-6-12-7-9-13/h1,12H,3-10H2. The van der Waals surface area contributed by atoms with Crippen molar-refractivity contribution in [2.45, 2.75) is 19.3 Å². The summed E-state index contributed by atoms with van der Waals surface area (Å²) in [5, 5.41) is 3.26. The molecule has 0 amide bonds. The SMILES string of the molecule is C#CCCCC(=O)CN1CCNCC1. The normalized spacial score (nSPS) is 17.6. The lowest BCUT2D eigenvalue weighted by atomic mass is 10.1. The van der Waals surface area contributed by atoms with Crippen LogP contribution in [-0.4, -0.2) is 43.4 Å². The molecular weight excluding hydrogens is 176 g/mol. The van der Waals surface area contributed by atoms with E-state index in [1.807, 2.05) is 0 Å². The molecule has 0 saturated carbocycles. The molecule has 3 nitrogen and oxygen atoms in total. The molecule has 1 aliphatic heterocycles. The number of ketones is 1. The summed E-state index contributed by atoms with van der Waals surface area (Å²) in [7, 11) is 0. The van der Waals surface area contributed by atoms with E-state index in [1.54, 1.807) is 0 Å². The Kier molecular flexibility index (Phi) is 5.28. The first-order valence-corrected chi connectivity index (χ1v) is 5.21. The van der Waals surface area contributed by atoms with Gasteiger partial charge in [0.2, 0.25) is 0 Å². The molecule has 78 valence electrons. The average Bonchev–Trinajstić information content (AvgIpc) is 2.20. The lowest BCUT2D eigenvalue weighted by Gasteiger charge is -2.26. The van der Waals surface area contributed by atoms with E-state index in [0.717, 1.165) is 32.6 Å². The van der Waals surface area contributed by atoms with Crippen molar-refractivity contribution >= 4 is 5.78 Å². The number of unbranched alkanes of at least 4 members (excludes halogenated alkanes) is 1. The first-order valence-electron chi connectivity index (χ1n) is 5.21. The molecule has 0 atom stereocenters. The van der Waals surface area contributed by atoms with Crippen molar-refractivity contribution < 1.29 is 4.79 Å². The molecule has 0 aromatic rings. The number of hydrogen-bond donors (Lipinski definition) is 1. The van der Waals surface area contributed by atoms with Crippen LogP contribution in [0.2, 0.25) is 0 Å². The monoisotopic (exact) mass is 194 g/mol. The summed E-state index contributed by atoms with van der Waals surface area (Å²) >= 11 is 0. The second-order valence-electron chi connectivity index (χ2n) is 3.62. The van der Waals surface area contributed by atoms with Crippen molar-refractivity contribution in [2.24, 2.45) is 0 Å². The van der Waals surface area contributed by atoms with Crippen LogP contribution < -0.4 is 5.32 Å². The van der Waals surface area contributed by atoms with E-state index < -0.39 is 0 Å². The second kappa shape index (κ2) is 6.58. The van der Waals surface area contributed by atoms with Crippen LogP contribution in [0.25, 0.3) is 0 Å². The molecule has 1 N–H and O–H groups in total. The zero-order valence-corrected chi connectivity index (χ0v) is 8.59. The maximum atomic E-state index is 11.5. The van der Waals surface area contributed by atoms with Gasteiger partial charge in [-0.2, -0.15) is 0 Å². The van der Waals surface area contributed by atoms with E-state index in [-0.39, 0.29) is 0 Å². The molecular formula is C11H18N2O. The van der Waals surface area contributed by atoms with Crippen LogP contribution in [0, 0.1) is 12.3 Å². The summed E-state index contributed by atoms with van der Waals surface area (Å²) in [6, 6.07) is 0. The molecule has 1 saturated heterocycles. The van der Waals surface area contributed by atoms with E-state index >= 15 is 0 Å². The van der Waals surface area contributed by atoms with Crippen molar-refractivity contribution in [2.75, 3.05) is 32.7 Å². The van der Waals surface area contributed by atoms with E-state index in [2.05, 4.69) is 16.1 Å². The number of nitrogens with zero attached hydrogens (tertiary/aromatic N) is 1. The summed E-state index contributed by atoms with van der Waals surface area (Å²) < 4.78 is 0. The molecule has 0 radical (unpaired) electrons. The summed E-state index contributed by atoms with van der Waals surface area (Å²) in [6.07, 6.45) is 7.30. The minimum absolute atomic E-state index is 0.321. The summed E-state index contributed by atoms with van der Waals surface area (Å²) in [6.45, 7) is 4.57. The van der Waals surface area contributed by atoms with Gasteiger partial charge >= 0.3 is 0 Å². The first kappa shape index (κ1) is 11.2. The lowest BCUT2D eigenvalue weighted by molar-refractivity contribution is -0.120. The highest BCUT2D eigenvalue weighted by Gasteiger charge is 2.12. The summed E-state index contributed by atoms with van der Waals surface area (Å²) in [4.78, 5) is 13.7. The number of rotatable bonds is 5. The van der Waals surface area contributed by atoms with Crippen LogP contribution in [0.1, 0.15) is 19.3 Å². The van der Waals surface area contributed by atoms with Crippen LogP contribution in [0.3, 0.4) is 0 Å². The number of hydrogen-bond acceptors (Lipinski definition) is 3. The van der Waals surface area contributed by atoms with Crippen LogP contribution >= 0.6 is 0 Å². The Hall–Kier alpha value is -0.850. The van der Waals surface area contributed by atoms with Gasteiger partial charge in [-0.15, -0.1) is 12.3 Å². The molecule has 0 aromatic carbocycles. The summed E-state index contributed by atoms with van der Waals surface area (Å²) in [5.41, 5.74) is 0. The highest BCUT2D eigenvalue weighted by atomic mass is 16.1. The molecule has 0 spiro atoms. The van der Waals surface area contributed by atoms with E-state index in [9.17, 15) is 4.79 Å². The van der Waals surface area contributed by atoms with Crippen LogP contribution in [0.15, 0.2) is 0 Å². The van der Waals surface area contributed by atoms with Gasteiger partial charge in [-0.05, 0) is 6.42 Å². The molecule has 3 heteroatoms. The van der Waals surface area contributed by atoms with Gasteiger partial charge in [-0.3, -0.25) is 9.69 Å². The van der Waals surface area contributed by atoms with E-state index in [1.165, 1.54) is 0 Å². The fourth-order valence-electron chi connectivity index (χ4n) is 1.59.